The second-order valence-electron chi connectivity index (χ2n) is 3.32. The summed E-state index contributed by atoms with van der Waals surface area (Å²) < 4.78 is 0. The van der Waals surface area contributed by atoms with Gasteiger partial charge >= 0.3 is 0 Å². The van der Waals surface area contributed by atoms with Crippen LogP contribution in [0.15, 0.2) is 0 Å². The van der Waals surface area contributed by atoms with Crippen LogP contribution in [-0.2, 0) is 4.79 Å². The Labute approximate surface area is 84.1 Å². The molecule has 1 aliphatic heterocycles. The van der Waals surface area contributed by atoms with Gasteiger partial charge in [-0.15, -0.1) is 11.8 Å². The Morgan fingerprint density at radius 3 is 3.07 bits per heavy atom. The maximum Gasteiger partial charge on any atom is 0.237 e. The summed E-state index contributed by atoms with van der Waals surface area (Å²) in [5.41, 5.74) is 0. The van der Waals surface area contributed by atoms with Crippen LogP contribution < -0.4 is 10.6 Å². The van der Waals surface area contributed by atoms with Gasteiger partial charge in [0.05, 0.1) is 12.1 Å². The average Bonchev–Trinajstić information content (AvgIpc) is 2.59. The van der Waals surface area contributed by atoms with Crippen molar-refractivity contribution in [3.05, 3.63) is 0 Å². The van der Waals surface area contributed by atoms with Crippen molar-refractivity contribution in [2.75, 3.05) is 13.1 Å². The first kappa shape index (κ1) is 11.0. The van der Waals surface area contributed by atoms with E-state index in [-0.39, 0.29) is 18.1 Å². The number of carbonyl (C=O) groups is 1. The van der Waals surface area contributed by atoms with Gasteiger partial charge in [0.2, 0.25) is 5.91 Å². The number of carbonyl (C=O) groups excluding carboxylic acids is 1. The van der Waals surface area contributed by atoms with Gasteiger partial charge in [-0.05, 0) is 13.3 Å². The monoisotopic (exact) mass is 196 g/mol. The molecule has 2 unspecified atom stereocenters. The Morgan fingerprint density at radius 1 is 1.71 bits per heavy atom. The second-order valence-corrected chi connectivity index (χ2v) is 3.32. The molecule has 0 saturated carbocycles. The second kappa shape index (κ2) is 5.63. The normalized spacial score (nSPS) is 25.3. The molecule has 1 saturated heterocycles. The van der Waals surface area contributed by atoms with Gasteiger partial charge in [0.25, 0.3) is 0 Å². The van der Waals surface area contributed by atoms with Crippen LogP contribution in [0.25, 0.3) is 0 Å². The lowest BCUT2D eigenvalue weighted by Gasteiger charge is -2.09. The van der Waals surface area contributed by atoms with Gasteiger partial charge in [0, 0.05) is 19.5 Å². The minimum absolute atomic E-state index is 0.0422. The molecule has 1 rings (SSSR count). The molecule has 0 spiro atoms. The van der Waals surface area contributed by atoms with Crippen molar-refractivity contribution in [3.63, 3.8) is 0 Å². The molecule has 0 radical (unpaired) electrons. The van der Waals surface area contributed by atoms with E-state index in [1.54, 1.807) is 6.92 Å². The summed E-state index contributed by atoms with van der Waals surface area (Å²) in [6, 6.07) is -0.236. The molecule has 1 amide bonds. The standard InChI is InChI=1S/C10H16N2O2/c1-2-3-4-5-11-10(14)9-6-8(13)7-12-9/h8-9,12-13H,4-7H2,1H3,(H,11,14). The van der Waals surface area contributed by atoms with Crippen molar-refractivity contribution in [1.29, 1.82) is 0 Å². The summed E-state index contributed by atoms with van der Waals surface area (Å²) in [5, 5.41) is 14.9. The Hall–Kier alpha value is -1.05. The first-order valence-corrected chi connectivity index (χ1v) is 4.83. The molecule has 4 heteroatoms. The third kappa shape index (κ3) is 3.36. The number of hydrogen-bond donors (Lipinski definition) is 3. The van der Waals surface area contributed by atoms with Crippen molar-refractivity contribution in [2.24, 2.45) is 0 Å². The Balaban J connectivity index is 2.17. The van der Waals surface area contributed by atoms with Gasteiger partial charge in [0.1, 0.15) is 0 Å². The number of hydrogen-bond acceptors (Lipinski definition) is 3. The van der Waals surface area contributed by atoms with Gasteiger partial charge in [-0.25, -0.2) is 0 Å². The number of β-amino-alcohol motifs (C(OH)–C–C–N with tert-alkyl or cyclic N) is 1. The van der Waals surface area contributed by atoms with Crippen LogP contribution in [0.2, 0.25) is 0 Å². The quantitative estimate of drug-likeness (QED) is 0.411. The van der Waals surface area contributed by atoms with Crippen molar-refractivity contribution in [1.82, 2.24) is 10.6 Å². The molecule has 0 aromatic carbocycles. The van der Waals surface area contributed by atoms with E-state index in [9.17, 15) is 9.90 Å². The molecule has 1 aliphatic rings. The molecule has 0 bridgehead atoms. The lowest BCUT2D eigenvalue weighted by atomic mass is 10.2. The lowest BCUT2D eigenvalue weighted by Crippen LogP contribution is -2.40. The molecule has 2 atom stereocenters. The first-order valence-electron chi connectivity index (χ1n) is 4.83. The molecule has 1 heterocycles. The SMILES string of the molecule is CC#CCCNC(=O)C1CC(O)CN1. The molecule has 0 aromatic rings. The Morgan fingerprint density at radius 2 is 2.50 bits per heavy atom. The van der Waals surface area contributed by atoms with Crippen molar-refractivity contribution < 1.29 is 9.90 Å². The van der Waals surface area contributed by atoms with E-state index in [1.165, 1.54) is 0 Å². The molecular formula is C10H16N2O2. The van der Waals surface area contributed by atoms with Gasteiger partial charge in [-0.3, -0.25) is 4.79 Å². The van der Waals surface area contributed by atoms with Crippen LogP contribution >= 0.6 is 0 Å². The maximum atomic E-state index is 11.4. The van der Waals surface area contributed by atoms with E-state index in [2.05, 4.69) is 22.5 Å². The molecule has 0 aromatic heterocycles. The summed E-state index contributed by atoms with van der Waals surface area (Å²) in [7, 11) is 0. The summed E-state index contributed by atoms with van der Waals surface area (Å²) in [4.78, 5) is 11.4. The summed E-state index contributed by atoms with van der Waals surface area (Å²) in [5.74, 6) is 5.59. The molecular weight excluding hydrogens is 180 g/mol. The van der Waals surface area contributed by atoms with E-state index in [0.717, 1.165) is 0 Å². The molecule has 3 N–H and O–H groups in total. The van der Waals surface area contributed by atoms with Crippen LogP contribution in [-0.4, -0.2) is 36.2 Å². The van der Waals surface area contributed by atoms with Crippen LogP contribution in [0, 0.1) is 11.8 Å². The maximum absolute atomic E-state index is 11.4. The lowest BCUT2D eigenvalue weighted by molar-refractivity contribution is -0.122. The summed E-state index contributed by atoms with van der Waals surface area (Å²) in [6.45, 7) is 2.86. The molecule has 1 fully saturated rings. The third-order valence-corrected chi connectivity index (χ3v) is 2.15. The highest BCUT2D eigenvalue weighted by atomic mass is 16.3. The van der Waals surface area contributed by atoms with Crippen molar-refractivity contribution >= 4 is 5.91 Å². The van der Waals surface area contributed by atoms with Crippen LogP contribution in [0.3, 0.4) is 0 Å². The minimum Gasteiger partial charge on any atom is -0.392 e. The third-order valence-electron chi connectivity index (χ3n) is 2.15. The van der Waals surface area contributed by atoms with Crippen LogP contribution in [0.5, 0.6) is 0 Å². The highest BCUT2D eigenvalue weighted by Crippen LogP contribution is 2.05. The topological polar surface area (TPSA) is 61.4 Å². The van der Waals surface area contributed by atoms with Crippen LogP contribution in [0.1, 0.15) is 19.8 Å². The Kier molecular flexibility index (Phi) is 4.44. The zero-order valence-corrected chi connectivity index (χ0v) is 8.34. The minimum atomic E-state index is -0.388. The fourth-order valence-corrected chi connectivity index (χ4v) is 1.41. The van der Waals surface area contributed by atoms with Gasteiger partial charge < -0.3 is 15.7 Å². The van der Waals surface area contributed by atoms with Gasteiger partial charge in [0.15, 0.2) is 0 Å². The van der Waals surface area contributed by atoms with E-state index in [4.69, 9.17) is 0 Å². The predicted molar refractivity (Wildman–Crippen MR) is 53.5 cm³/mol. The number of aliphatic hydroxyl groups is 1. The number of nitrogens with one attached hydrogen (secondary N) is 2. The number of amides is 1. The zero-order chi connectivity index (χ0) is 10.4. The van der Waals surface area contributed by atoms with Crippen molar-refractivity contribution in [2.45, 2.75) is 31.9 Å². The summed E-state index contributed by atoms with van der Waals surface area (Å²) in [6.07, 6.45) is 0.796. The molecule has 78 valence electrons. The number of aliphatic hydroxyl groups excluding tert-OH is 1. The highest BCUT2D eigenvalue weighted by molar-refractivity contribution is 5.82. The van der Waals surface area contributed by atoms with E-state index in [1.807, 2.05) is 0 Å². The zero-order valence-electron chi connectivity index (χ0n) is 8.34. The molecule has 14 heavy (non-hydrogen) atoms. The first-order chi connectivity index (χ1) is 6.74. The predicted octanol–water partition coefficient (Wildman–Crippen LogP) is -0.761. The summed E-state index contributed by atoms with van der Waals surface area (Å²) >= 11 is 0. The van der Waals surface area contributed by atoms with Gasteiger partial charge in [-0.2, -0.15) is 0 Å². The average molecular weight is 196 g/mol. The van der Waals surface area contributed by atoms with Crippen LogP contribution in [0.4, 0.5) is 0 Å². The van der Waals surface area contributed by atoms with E-state index >= 15 is 0 Å². The fraction of sp³-hybridized carbons (Fsp3) is 0.700. The Bertz CT molecular complexity index is 255. The molecule has 4 nitrogen and oxygen atoms in total. The number of rotatable bonds is 3. The highest BCUT2D eigenvalue weighted by Gasteiger charge is 2.27. The van der Waals surface area contributed by atoms with Gasteiger partial charge in [-0.1, -0.05) is 0 Å². The van der Waals surface area contributed by atoms with E-state index in [0.29, 0.717) is 25.9 Å². The smallest absolute Gasteiger partial charge is 0.237 e. The largest absolute Gasteiger partial charge is 0.392 e. The fourth-order valence-electron chi connectivity index (χ4n) is 1.41. The van der Waals surface area contributed by atoms with Crippen molar-refractivity contribution in [3.8, 4) is 11.8 Å². The molecule has 0 aliphatic carbocycles. The van der Waals surface area contributed by atoms with E-state index < -0.39 is 0 Å².